The second-order valence-corrected chi connectivity index (χ2v) is 10.7. The number of carboxylic acid groups (broad SMARTS) is 1. The second kappa shape index (κ2) is 10.1. The molecule has 1 spiro atoms. The van der Waals surface area contributed by atoms with Gasteiger partial charge in [-0.3, -0.25) is 0 Å². The van der Waals surface area contributed by atoms with E-state index in [1.54, 1.807) is 23.1 Å². The molecule has 0 atom stereocenters. The predicted molar refractivity (Wildman–Crippen MR) is 143 cm³/mol. The average molecular weight is 533 g/mol. The van der Waals surface area contributed by atoms with Gasteiger partial charge in [0.25, 0.3) is 0 Å². The van der Waals surface area contributed by atoms with E-state index >= 15 is 0 Å². The number of aromatic carboxylic acids is 1. The van der Waals surface area contributed by atoms with Crippen LogP contribution in [0.25, 0.3) is 0 Å². The van der Waals surface area contributed by atoms with Crippen molar-refractivity contribution >= 4 is 17.7 Å². The van der Waals surface area contributed by atoms with Crippen molar-refractivity contribution < 1.29 is 33.7 Å². The van der Waals surface area contributed by atoms with Gasteiger partial charge in [-0.25, -0.2) is 14.0 Å². The summed E-state index contributed by atoms with van der Waals surface area (Å²) in [5.74, 6) is 0.0459. The lowest BCUT2D eigenvalue weighted by molar-refractivity contribution is -0.176. The maximum Gasteiger partial charge on any atom is 0.335 e. The summed E-state index contributed by atoms with van der Waals surface area (Å²) in [5.41, 5.74) is 0.714. The van der Waals surface area contributed by atoms with Crippen LogP contribution in [0.15, 0.2) is 78.9 Å². The number of carboxylic acids is 1. The molecule has 2 fully saturated rings. The predicted octanol–water partition coefficient (Wildman–Crippen LogP) is 6.43. The zero-order chi connectivity index (χ0) is 27.8. The van der Waals surface area contributed by atoms with Crippen LogP contribution in [0.3, 0.4) is 0 Å². The SMILES string of the molecule is C=C(C)CC1(O)CC2(CN(C(=O)Nc3cc(Oc4ccc(F)cc4)cc(Oc4ccc(C(=O)O)cc4)c3)C2)C1. The smallest absolute Gasteiger partial charge is 0.335 e. The topological polar surface area (TPSA) is 108 Å². The number of nitrogens with one attached hydrogen (secondary N) is 1. The van der Waals surface area contributed by atoms with Crippen LogP contribution in [0.2, 0.25) is 0 Å². The highest BCUT2D eigenvalue weighted by atomic mass is 19.1. The summed E-state index contributed by atoms with van der Waals surface area (Å²) in [4.78, 5) is 25.8. The number of amides is 2. The van der Waals surface area contributed by atoms with Crippen molar-refractivity contribution in [2.24, 2.45) is 5.41 Å². The monoisotopic (exact) mass is 532 g/mol. The van der Waals surface area contributed by atoms with Crippen LogP contribution in [0, 0.1) is 11.2 Å². The molecule has 2 aliphatic rings. The Hall–Kier alpha value is -4.37. The third kappa shape index (κ3) is 6.04. The molecule has 3 aromatic carbocycles. The lowest BCUT2D eigenvalue weighted by Crippen LogP contribution is -2.69. The Morgan fingerprint density at radius 3 is 2.00 bits per heavy atom. The van der Waals surface area contributed by atoms with E-state index < -0.39 is 17.4 Å². The summed E-state index contributed by atoms with van der Waals surface area (Å²) in [5, 5.41) is 22.6. The molecule has 0 radical (unpaired) electrons. The van der Waals surface area contributed by atoms with Crippen LogP contribution in [-0.4, -0.2) is 45.8 Å². The molecule has 1 heterocycles. The number of benzene rings is 3. The van der Waals surface area contributed by atoms with Crippen molar-refractivity contribution in [1.82, 2.24) is 4.90 Å². The number of rotatable bonds is 8. The van der Waals surface area contributed by atoms with E-state index in [0.717, 1.165) is 5.57 Å². The molecule has 0 bridgehead atoms. The van der Waals surface area contributed by atoms with E-state index in [1.807, 2.05) is 6.92 Å². The largest absolute Gasteiger partial charge is 0.478 e. The maximum atomic E-state index is 13.3. The third-order valence-electron chi connectivity index (χ3n) is 6.90. The summed E-state index contributed by atoms with van der Waals surface area (Å²) in [6.07, 6.45) is 1.87. The van der Waals surface area contributed by atoms with Gasteiger partial charge < -0.3 is 29.9 Å². The number of anilines is 1. The van der Waals surface area contributed by atoms with E-state index in [0.29, 0.717) is 61.0 Å². The molecule has 1 aliphatic carbocycles. The highest BCUT2D eigenvalue weighted by Crippen LogP contribution is 2.56. The molecule has 3 N–H and O–H groups in total. The fraction of sp³-hybridized carbons (Fsp3) is 0.267. The van der Waals surface area contributed by atoms with Crippen LogP contribution < -0.4 is 14.8 Å². The average Bonchev–Trinajstić information content (AvgIpc) is 2.82. The van der Waals surface area contributed by atoms with Gasteiger partial charge in [-0.15, -0.1) is 6.58 Å². The third-order valence-corrected chi connectivity index (χ3v) is 6.90. The quantitative estimate of drug-likeness (QED) is 0.289. The van der Waals surface area contributed by atoms with Crippen molar-refractivity contribution in [3.63, 3.8) is 0 Å². The van der Waals surface area contributed by atoms with Crippen LogP contribution in [-0.2, 0) is 0 Å². The molecule has 1 saturated heterocycles. The highest BCUT2D eigenvalue weighted by Gasteiger charge is 2.60. The van der Waals surface area contributed by atoms with Gasteiger partial charge in [0, 0.05) is 42.4 Å². The van der Waals surface area contributed by atoms with Crippen molar-refractivity contribution in [1.29, 1.82) is 0 Å². The number of likely N-dealkylation sites (tertiary alicyclic amines) is 1. The molecule has 8 nitrogen and oxygen atoms in total. The van der Waals surface area contributed by atoms with Gasteiger partial charge in [0.1, 0.15) is 28.8 Å². The van der Waals surface area contributed by atoms with Crippen molar-refractivity contribution in [3.8, 4) is 23.0 Å². The number of carbonyl (C=O) groups is 2. The molecule has 1 aliphatic heterocycles. The van der Waals surface area contributed by atoms with Crippen LogP contribution in [0.4, 0.5) is 14.9 Å². The molecule has 3 aromatic rings. The molecule has 0 unspecified atom stereocenters. The summed E-state index contributed by atoms with van der Waals surface area (Å²) < 4.78 is 25.1. The highest BCUT2D eigenvalue weighted by molar-refractivity contribution is 5.90. The summed E-state index contributed by atoms with van der Waals surface area (Å²) in [6.45, 7) is 6.91. The van der Waals surface area contributed by atoms with Crippen molar-refractivity contribution in [2.75, 3.05) is 18.4 Å². The van der Waals surface area contributed by atoms with Gasteiger partial charge in [-0.2, -0.15) is 0 Å². The number of nitrogens with zero attached hydrogens (tertiary/aromatic N) is 1. The summed E-state index contributed by atoms with van der Waals surface area (Å²) in [7, 11) is 0. The van der Waals surface area contributed by atoms with E-state index in [4.69, 9.17) is 14.6 Å². The first kappa shape index (κ1) is 26.2. The molecule has 202 valence electrons. The number of ether oxygens (including phenoxy) is 2. The first-order valence-electron chi connectivity index (χ1n) is 12.5. The Balaban J connectivity index is 1.29. The molecule has 9 heteroatoms. The number of halogens is 1. The zero-order valence-corrected chi connectivity index (χ0v) is 21.4. The normalized spacial score (nSPS) is 16.5. The van der Waals surface area contributed by atoms with Gasteiger partial charge in [0.2, 0.25) is 0 Å². The van der Waals surface area contributed by atoms with Crippen LogP contribution in [0.5, 0.6) is 23.0 Å². The molecule has 39 heavy (non-hydrogen) atoms. The molecule has 1 saturated carbocycles. The molecule has 0 aromatic heterocycles. The summed E-state index contributed by atoms with van der Waals surface area (Å²) in [6, 6.07) is 16.0. The van der Waals surface area contributed by atoms with E-state index in [9.17, 15) is 19.1 Å². The number of urea groups is 1. The Morgan fingerprint density at radius 1 is 0.949 bits per heavy atom. The molecular formula is C30H29FN2O6. The summed E-state index contributed by atoms with van der Waals surface area (Å²) >= 11 is 0. The minimum atomic E-state index is -1.04. The maximum absolute atomic E-state index is 13.3. The minimum absolute atomic E-state index is 0.0501. The molecular weight excluding hydrogens is 503 g/mol. The molecule has 2 amide bonds. The first-order valence-corrected chi connectivity index (χ1v) is 12.5. The number of carbonyl (C=O) groups excluding carboxylic acids is 1. The fourth-order valence-electron chi connectivity index (χ4n) is 5.57. The fourth-order valence-corrected chi connectivity index (χ4v) is 5.57. The van der Waals surface area contributed by atoms with Gasteiger partial charge in [-0.1, -0.05) is 5.57 Å². The Morgan fingerprint density at radius 2 is 1.49 bits per heavy atom. The lowest BCUT2D eigenvalue weighted by atomic mass is 9.54. The van der Waals surface area contributed by atoms with Crippen LogP contribution in [0.1, 0.15) is 36.5 Å². The van der Waals surface area contributed by atoms with Crippen LogP contribution >= 0.6 is 0 Å². The zero-order valence-electron chi connectivity index (χ0n) is 21.4. The van der Waals surface area contributed by atoms with Gasteiger partial charge >= 0.3 is 12.0 Å². The van der Waals surface area contributed by atoms with Crippen molar-refractivity contribution in [2.45, 2.75) is 31.8 Å². The lowest BCUT2D eigenvalue weighted by Gasteiger charge is -2.62. The van der Waals surface area contributed by atoms with Gasteiger partial charge in [0.05, 0.1) is 11.2 Å². The molecule has 5 rings (SSSR count). The standard InChI is InChI=1S/C30H29FN2O6/c1-19(2)14-30(37)15-29(16-30)17-33(18-29)28(36)32-22-11-25(38-23-7-3-20(4-8-23)27(34)35)13-26(12-22)39-24-9-5-21(31)6-10-24/h3-13,37H,1,14-18H2,2H3,(H,32,36)(H,34,35). The van der Waals surface area contributed by atoms with Gasteiger partial charge in [0.15, 0.2) is 0 Å². The first-order chi connectivity index (χ1) is 18.5. The number of hydrogen-bond donors (Lipinski definition) is 3. The van der Waals surface area contributed by atoms with Gasteiger partial charge in [-0.05, 0) is 74.7 Å². The second-order valence-electron chi connectivity index (χ2n) is 10.7. The number of aliphatic hydroxyl groups is 1. The van der Waals surface area contributed by atoms with E-state index in [2.05, 4.69) is 11.9 Å². The Bertz CT molecular complexity index is 1410. The van der Waals surface area contributed by atoms with Crippen molar-refractivity contribution in [3.05, 3.63) is 90.3 Å². The minimum Gasteiger partial charge on any atom is -0.478 e. The van der Waals surface area contributed by atoms with E-state index in [-0.39, 0.29) is 17.0 Å². The number of hydrogen-bond acceptors (Lipinski definition) is 5. The Labute approximate surface area is 225 Å². The van der Waals surface area contributed by atoms with E-state index in [1.165, 1.54) is 48.5 Å². The Kier molecular flexibility index (Phi) is 6.78.